The third kappa shape index (κ3) is 3.52. The molecule has 90 valence electrons. The molecule has 0 radical (unpaired) electrons. The van der Waals surface area contributed by atoms with Crippen LogP contribution in [0.3, 0.4) is 0 Å². The van der Waals surface area contributed by atoms with E-state index in [4.69, 9.17) is 0 Å². The van der Waals surface area contributed by atoms with Crippen molar-refractivity contribution in [2.75, 3.05) is 25.4 Å². The topological polar surface area (TPSA) is 41.1 Å². The smallest absolute Gasteiger partial charge is 0.233 e. The monoisotopic (exact) mass is 240 g/mol. The Bertz CT molecular complexity index is 272. The van der Waals surface area contributed by atoms with Gasteiger partial charge in [-0.15, -0.1) is 11.8 Å². The molecule has 1 saturated heterocycles. The molecule has 0 aromatic carbocycles. The molecule has 0 aromatic rings. The van der Waals surface area contributed by atoms with Crippen LogP contribution in [-0.4, -0.2) is 36.5 Å². The summed E-state index contributed by atoms with van der Waals surface area (Å²) >= 11 is 1.81. The van der Waals surface area contributed by atoms with Gasteiger partial charge < -0.3 is 10.6 Å². The lowest BCUT2D eigenvalue weighted by Gasteiger charge is -2.21. The van der Waals surface area contributed by atoms with Gasteiger partial charge in [-0.2, -0.15) is 0 Å². The molecule has 0 bridgehead atoms. The maximum absolute atomic E-state index is 11.9. The summed E-state index contributed by atoms with van der Waals surface area (Å²) < 4.78 is 0. The Morgan fingerprint density at radius 1 is 1.56 bits per heavy atom. The molecule has 2 aliphatic heterocycles. The average molecular weight is 240 g/mol. The van der Waals surface area contributed by atoms with E-state index in [1.165, 1.54) is 18.4 Å². The first kappa shape index (κ1) is 12.0. The first-order chi connectivity index (χ1) is 7.86. The van der Waals surface area contributed by atoms with Crippen LogP contribution in [0.5, 0.6) is 0 Å². The number of carbonyl (C=O) groups is 1. The minimum Gasteiger partial charge on any atom is -0.351 e. The molecule has 1 unspecified atom stereocenters. The SMILES string of the molecule is O=C(NCC1=CCNCC1)C1CCCCS1. The molecule has 0 aromatic heterocycles. The van der Waals surface area contributed by atoms with E-state index in [9.17, 15) is 4.79 Å². The molecular formula is C12H20N2OS. The van der Waals surface area contributed by atoms with E-state index in [0.29, 0.717) is 0 Å². The molecule has 3 nitrogen and oxygen atoms in total. The van der Waals surface area contributed by atoms with Crippen molar-refractivity contribution in [2.45, 2.75) is 30.9 Å². The van der Waals surface area contributed by atoms with Gasteiger partial charge in [0.15, 0.2) is 0 Å². The first-order valence-electron chi connectivity index (χ1n) is 6.14. The Hall–Kier alpha value is -0.480. The van der Waals surface area contributed by atoms with E-state index < -0.39 is 0 Å². The number of hydrogen-bond donors (Lipinski definition) is 2. The van der Waals surface area contributed by atoms with Crippen LogP contribution in [0.15, 0.2) is 11.6 Å². The second kappa shape index (κ2) is 6.30. The molecule has 16 heavy (non-hydrogen) atoms. The van der Waals surface area contributed by atoms with Crippen molar-refractivity contribution in [2.24, 2.45) is 0 Å². The van der Waals surface area contributed by atoms with E-state index >= 15 is 0 Å². The quantitative estimate of drug-likeness (QED) is 0.731. The number of thioether (sulfide) groups is 1. The van der Waals surface area contributed by atoms with Gasteiger partial charge in [-0.05, 0) is 31.6 Å². The van der Waals surface area contributed by atoms with Crippen molar-refractivity contribution in [1.82, 2.24) is 10.6 Å². The summed E-state index contributed by atoms with van der Waals surface area (Å²) in [5.41, 5.74) is 1.37. The molecule has 0 aliphatic carbocycles. The summed E-state index contributed by atoms with van der Waals surface area (Å²) in [4.78, 5) is 11.9. The van der Waals surface area contributed by atoms with Crippen LogP contribution in [0.1, 0.15) is 25.7 Å². The number of nitrogens with one attached hydrogen (secondary N) is 2. The van der Waals surface area contributed by atoms with E-state index in [1.54, 1.807) is 0 Å². The number of hydrogen-bond acceptors (Lipinski definition) is 3. The Morgan fingerprint density at radius 3 is 3.19 bits per heavy atom. The molecule has 1 amide bonds. The Labute approximate surface area is 101 Å². The fourth-order valence-electron chi connectivity index (χ4n) is 2.09. The highest BCUT2D eigenvalue weighted by atomic mass is 32.2. The highest BCUT2D eigenvalue weighted by Crippen LogP contribution is 2.24. The Kier molecular flexibility index (Phi) is 4.72. The number of amides is 1. The van der Waals surface area contributed by atoms with E-state index in [-0.39, 0.29) is 11.2 Å². The summed E-state index contributed by atoms with van der Waals surface area (Å²) in [6.07, 6.45) is 6.79. The van der Waals surface area contributed by atoms with Gasteiger partial charge in [0.2, 0.25) is 5.91 Å². The fraction of sp³-hybridized carbons (Fsp3) is 0.750. The molecule has 2 N–H and O–H groups in total. The average Bonchev–Trinajstić information content (AvgIpc) is 2.38. The summed E-state index contributed by atoms with van der Waals surface area (Å²) in [5.74, 6) is 1.38. The number of carbonyl (C=O) groups excluding carboxylic acids is 1. The van der Waals surface area contributed by atoms with Crippen LogP contribution in [-0.2, 0) is 4.79 Å². The molecule has 1 fully saturated rings. The van der Waals surface area contributed by atoms with Crippen molar-refractivity contribution in [3.8, 4) is 0 Å². The zero-order valence-corrected chi connectivity index (χ0v) is 10.4. The van der Waals surface area contributed by atoms with Gasteiger partial charge in [-0.3, -0.25) is 4.79 Å². The zero-order chi connectivity index (χ0) is 11.2. The normalized spacial score (nSPS) is 26.0. The summed E-state index contributed by atoms with van der Waals surface area (Å²) in [6.45, 7) is 2.74. The molecule has 1 atom stereocenters. The van der Waals surface area contributed by atoms with E-state index in [0.717, 1.165) is 38.2 Å². The van der Waals surface area contributed by atoms with Crippen LogP contribution in [0, 0.1) is 0 Å². The second-order valence-corrected chi connectivity index (χ2v) is 5.70. The van der Waals surface area contributed by atoms with Gasteiger partial charge in [-0.1, -0.05) is 18.1 Å². The van der Waals surface area contributed by atoms with Crippen molar-refractivity contribution in [1.29, 1.82) is 0 Å². The van der Waals surface area contributed by atoms with E-state index in [1.807, 2.05) is 11.8 Å². The summed E-state index contributed by atoms with van der Waals surface area (Å²) in [5, 5.41) is 6.54. The minimum atomic E-state index is 0.205. The fourth-order valence-corrected chi connectivity index (χ4v) is 3.32. The minimum absolute atomic E-state index is 0.205. The maximum Gasteiger partial charge on any atom is 0.233 e. The molecule has 2 rings (SSSR count). The maximum atomic E-state index is 11.9. The predicted octanol–water partition coefficient (Wildman–Crippen LogP) is 1.31. The van der Waals surface area contributed by atoms with Gasteiger partial charge in [-0.25, -0.2) is 0 Å². The van der Waals surface area contributed by atoms with Gasteiger partial charge in [0.1, 0.15) is 0 Å². The largest absolute Gasteiger partial charge is 0.351 e. The summed E-state index contributed by atoms with van der Waals surface area (Å²) in [6, 6.07) is 0. The van der Waals surface area contributed by atoms with Gasteiger partial charge in [0, 0.05) is 13.1 Å². The lowest BCUT2D eigenvalue weighted by molar-refractivity contribution is -0.120. The highest BCUT2D eigenvalue weighted by Gasteiger charge is 2.21. The first-order valence-corrected chi connectivity index (χ1v) is 7.19. The van der Waals surface area contributed by atoms with Gasteiger partial charge >= 0.3 is 0 Å². The number of rotatable bonds is 3. The third-order valence-corrected chi connectivity index (χ3v) is 4.50. The zero-order valence-electron chi connectivity index (χ0n) is 9.63. The van der Waals surface area contributed by atoms with E-state index in [2.05, 4.69) is 16.7 Å². The lowest BCUT2D eigenvalue weighted by atomic mass is 10.1. The van der Waals surface area contributed by atoms with Crippen molar-refractivity contribution in [3.63, 3.8) is 0 Å². The van der Waals surface area contributed by atoms with Crippen LogP contribution in [0.25, 0.3) is 0 Å². The second-order valence-electron chi connectivity index (χ2n) is 4.39. The van der Waals surface area contributed by atoms with Crippen LogP contribution in [0.2, 0.25) is 0 Å². The van der Waals surface area contributed by atoms with Crippen molar-refractivity contribution >= 4 is 17.7 Å². The molecule has 0 saturated carbocycles. The predicted molar refractivity (Wildman–Crippen MR) is 68.7 cm³/mol. The van der Waals surface area contributed by atoms with Crippen LogP contribution in [0.4, 0.5) is 0 Å². The Morgan fingerprint density at radius 2 is 2.50 bits per heavy atom. The Balaban J connectivity index is 1.72. The standard InChI is InChI=1S/C12H20N2OS/c15-12(11-3-1-2-8-16-11)14-9-10-4-6-13-7-5-10/h4,11,13H,1-3,5-9H2,(H,14,15). The van der Waals surface area contributed by atoms with Crippen LogP contribution >= 0.6 is 11.8 Å². The lowest BCUT2D eigenvalue weighted by Crippen LogP contribution is -2.36. The van der Waals surface area contributed by atoms with Gasteiger partial charge in [0.05, 0.1) is 5.25 Å². The molecular weight excluding hydrogens is 220 g/mol. The molecule has 2 aliphatic rings. The van der Waals surface area contributed by atoms with Crippen molar-refractivity contribution in [3.05, 3.63) is 11.6 Å². The molecule has 4 heteroatoms. The molecule has 0 spiro atoms. The van der Waals surface area contributed by atoms with Crippen LogP contribution < -0.4 is 10.6 Å². The molecule has 2 heterocycles. The highest BCUT2D eigenvalue weighted by molar-refractivity contribution is 8.00. The third-order valence-electron chi connectivity index (χ3n) is 3.12. The summed E-state index contributed by atoms with van der Waals surface area (Å²) in [7, 11) is 0. The van der Waals surface area contributed by atoms with Crippen molar-refractivity contribution < 1.29 is 4.79 Å². The van der Waals surface area contributed by atoms with Gasteiger partial charge in [0.25, 0.3) is 0 Å².